The Kier molecular flexibility index (Phi) is 5.04. The molecule has 1 aromatic rings. The molecule has 0 bridgehead atoms. The van der Waals surface area contributed by atoms with Crippen molar-refractivity contribution in [3.05, 3.63) is 35.9 Å². The standard InChI is InChI=1S/C18H27NO2/c1-13(2)16-10-18(12-19,11-17(20)21)9-15(16)8-14-6-4-3-5-7-14/h3-7,13,15-16H,8-12,19H2,1-2H3,(H,20,21)/t15-,16+,18+/m0/s1. The molecule has 0 amide bonds. The summed E-state index contributed by atoms with van der Waals surface area (Å²) in [4.78, 5) is 11.2. The van der Waals surface area contributed by atoms with E-state index in [0.29, 0.717) is 24.3 Å². The molecule has 1 aromatic carbocycles. The molecule has 0 spiro atoms. The first-order valence-electron chi connectivity index (χ1n) is 7.91. The molecule has 0 radical (unpaired) electrons. The van der Waals surface area contributed by atoms with E-state index < -0.39 is 5.97 Å². The molecule has 0 saturated heterocycles. The van der Waals surface area contributed by atoms with E-state index in [4.69, 9.17) is 5.73 Å². The molecule has 3 atom stereocenters. The fourth-order valence-electron chi connectivity index (χ4n) is 4.08. The van der Waals surface area contributed by atoms with Crippen LogP contribution in [-0.2, 0) is 11.2 Å². The molecule has 21 heavy (non-hydrogen) atoms. The van der Waals surface area contributed by atoms with Crippen LogP contribution in [0.5, 0.6) is 0 Å². The maximum absolute atomic E-state index is 11.2. The van der Waals surface area contributed by atoms with Crippen LogP contribution in [0.15, 0.2) is 30.3 Å². The molecular weight excluding hydrogens is 262 g/mol. The van der Waals surface area contributed by atoms with Crippen molar-refractivity contribution in [1.82, 2.24) is 0 Å². The lowest BCUT2D eigenvalue weighted by Gasteiger charge is -2.26. The highest BCUT2D eigenvalue weighted by atomic mass is 16.4. The summed E-state index contributed by atoms with van der Waals surface area (Å²) < 4.78 is 0. The normalized spacial score (nSPS) is 29.0. The van der Waals surface area contributed by atoms with Crippen LogP contribution in [0, 0.1) is 23.2 Å². The molecule has 0 aliphatic heterocycles. The number of hydrogen-bond acceptors (Lipinski definition) is 2. The van der Waals surface area contributed by atoms with Crippen LogP contribution in [0.3, 0.4) is 0 Å². The second-order valence-electron chi connectivity index (χ2n) is 7.04. The zero-order chi connectivity index (χ0) is 15.5. The topological polar surface area (TPSA) is 63.3 Å². The molecule has 1 fully saturated rings. The first-order chi connectivity index (χ1) is 9.96. The van der Waals surface area contributed by atoms with Crippen LogP contribution in [0.25, 0.3) is 0 Å². The molecule has 2 rings (SSSR count). The average Bonchev–Trinajstić information content (AvgIpc) is 2.78. The second kappa shape index (κ2) is 6.61. The summed E-state index contributed by atoms with van der Waals surface area (Å²) in [7, 11) is 0. The number of benzene rings is 1. The SMILES string of the molecule is CC(C)[C@H]1C[C@@](CN)(CC(=O)O)C[C@@H]1Cc1ccccc1. The summed E-state index contributed by atoms with van der Waals surface area (Å²) in [5.74, 6) is 0.952. The molecule has 3 nitrogen and oxygen atoms in total. The minimum Gasteiger partial charge on any atom is -0.481 e. The Hall–Kier alpha value is -1.35. The van der Waals surface area contributed by atoms with Gasteiger partial charge >= 0.3 is 5.97 Å². The van der Waals surface area contributed by atoms with Crippen molar-refractivity contribution >= 4 is 5.97 Å². The third-order valence-electron chi connectivity index (χ3n) is 5.13. The van der Waals surface area contributed by atoms with E-state index in [-0.39, 0.29) is 11.8 Å². The molecule has 3 N–H and O–H groups in total. The van der Waals surface area contributed by atoms with Crippen LogP contribution in [0.1, 0.15) is 38.7 Å². The first kappa shape index (κ1) is 16.0. The number of aliphatic carboxylic acids is 1. The Morgan fingerprint density at radius 2 is 2.00 bits per heavy atom. The minimum atomic E-state index is -0.719. The summed E-state index contributed by atoms with van der Waals surface area (Å²) in [6, 6.07) is 10.5. The molecule has 0 unspecified atom stereocenters. The molecular formula is C18H27NO2. The van der Waals surface area contributed by atoms with Crippen molar-refractivity contribution in [2.75, 3.05) is 6.54 Å². The van der Waals surface area contributed by atoms with E-state index in [1.807, 2.05) is 6.07 Å². The van der Waals surface area contributed by atoms with Gasteiger partial charge in [0.2, 0.25) is 0 Å². The highest BCUT2D eigenvalue weighted by Gasteiger charge is 2.46. The first-order valence-corrected chi connectivity index (χ1v) is 7.91. The highest BCUT2D eigenvalue weighted by Crippen LogP contribution is 2.51. The van der Waals surface area contributed by atoms with Gasteiger partial charge in [0.1, 0.15) is 0 Å². The number of carbonyl (C=O) groups is 1. The van der Waals surface area contributed by atoms with E-state index >= 15 is 0 Å². The third-order valence-corrected chi connectivity index (χ3v) is 5.13. The van der Waals surface area contributed by atoms with Crippen LogP contribution < -0.4 is 5.73 Å². The van der Waals surface area contributed by atoms with Gasteiger partial charge in [-0.1, -0.05) is 44.2 Å². The summed E-state index contributed by atoms with van der Waals surface area (Å²) in [6.07, 6.45) is 3.13. The fourth-order valence-corrected chi connectivity index (χ4v) is 4.08. The highest BCUT2D eigenvalue weighted by molar-refractivity contribution is 5.67. The molecule has 1 aliphatic carbocycles. The maximum Gasteiger partial charge on any atom is 0.303 e. The molecule has 1 aliphatic rings. The van der Waals surface area contributed by atoms with Crippen LogP contribution in [0.4, 0.5) is 0 Å². The zero-order valence-corrected chi connectivity index (χ0v) is 13.1. The van der Waals surface area contributed by atoms with Crippen LogP contribution >= 0.6 is 0 Å². The smallest absolute Gasteiger partial charge is 0.303 e. The van der Waals surface area contributed by atoms with E-state index in [1.165, 1.54) is 5.56 Å². The van der Waals surface area contributed by atoms with Crippen molar-refractivity contribution in [2.45, 2.75) is 39.5 Å². The van der Waals surface area contributed by atoms with Crippen molar-refractivity contribution in [2.24, 2.45) is 28.9 Å². The van der Waals surface area contributed by atoms with Gasteiger partial charge in [-0.15, -0.1) is 0 Å². The number of carboxylic acids is 1. The molecule has 0 heterocycles. The minimum absolute atomic E-state index is 0.206. The summed E-state index contributed by atoms with van der Waals surface area (Å²) in [5.41, 5.74) is 7.11. The number of rotatable bonds is 6. The van der Waals surface area contributed by atoms with E-state index in [1.54, 1.807) is 0 Å². The lowest BCUT2D eigenvalue weighted by atomic mass is 9.80. The molecule has 3 heteroatoms. The van der Waals surface area contributed by atoms with Crippen LogP contribution in [0.2, 0.25) is 0 Å². The van der Waals surface area contributed by atoms with Gasteiger partial charge in [-0.3, -0.25) is 4.79 Å². The Morgan fingerprint density at radius 3 is 2.52 bits per heavy atom. The predicted molar refractivity (Wildman–Crippen MR) is 84.9 cm³/mol. The predicted octanol–water partition coefficient (Wildman–Crippen LogP) is 3.33. The summed E-state index contributed by atoms with van der Waals surface area (Å²) in [6.45, 7) is 4.97. The Balaban J connectivity index is 2.17. The largest absolute Gasteiger partial charge is 0.481 e. The average molecular weight is 289 g/mol. The van der Waals surface area contributed by atoms with Crippen molar-refractivity contribution in [3.8, 4) is 0 Å². The number of carboxylic acid groups (broad SMARTS) is 1. The monoisotopic (exact) mass is 289 g/mol. The second-order valence-corrected chi connectivity index (χ2v) is 7.04. The Morgan fingerprint density at radius 1 is 1.33 bits per heavy atom. The van der Waals surface area contributed by atoms with Crippen LogP contribution in [-0.4, -0.2) is 17.6 Å². The van der Waals surface area contributed by atoms with Gasteiger partial charge in [0.25, 0.3) is 0 Å². The lowest BCUT2D eigenvalue weighted by molar-refractivity contribution is -0.139. The Labute approximate surface area is 127 Å². The van der Waals surface area contributed by atoms with Gasteiger partial charge in [0.05, 0.1) is 6.42 Å². The van der Waals surface area contributed by atoms with Gasteiger partial charge in [0.15, 0.2) is 0 Å². The van der Waals surface area contributed by atoms with E-state index in [2.05, 4.69) is 38.1 Å². The lowest BCUT2D eigenvalue weighted by Crippen LogP contribution is -2.31. The van der Waals surface area contributed by atoms with Gasteiger partial charge in [-0.25, -0.2) is 0 Å². The maximum atomic E-state index is 11.2. The van der Waals surface area contributed by atoms with Gasteiger partial charge < -0.3 is 10.8 Å². The third kappa shape index (κ3) is 3.85. The summed E-state index contributed by atoms with van der Waals surface area (Å²) in [5, 5.41) is 9.22. The number of nitrogens with two attached hydrogens (primary N) is 1. The quantitative estimate of drug-likeness (QED) is 0.844. The molecule has 1 saturated carbocycles. The van der Waals surface area contributed by atoms with Gasteiger partial charge in [-0.2, -0.15) is 0 Å². The number of hydrogen-bond donors (Lipinski definition) is 2. The summed E-state index contributed by atoms with van der Waals surface area (Å²) >= 11 is 0. The van der Waals surface area contributed by atoms with Crippen molar-refractivity contribution in [1.29, 1.82) is 0 Å². The van der Waals surface area contributed by atoms with Gasteiger partial charge in [-0.05, 0) is 54.5 Å². The fraction of sp³-hybridized carbons (Fsp3) is 0.611. The van der Waals surface area contributed by atoms with Gasteiger partial charge in [0, 0.05) is 0 Å². The van der Waals surface area contributed by atoms with E-state index in [0.717, 1.165) is 19.3 Å². The van der Waals surface area contributed by atoms with Crippen molar-refractivity contribution < 1.29 is 9.90 Å². The molecule has 0 aromatic heterocycles. The van der Waals surface area contributed by atoms with E-state index in [9.17, 15) is 9.90 Å². The Bertz CT molecular complexity index is 471. The zero-order valence-electron chi connectivity index (χ0n) is 13.1. The molecule has 116 valence electrons. The van der Waals surface area contributed by atoms with Crippen molar-refractivity contribution in [3.63, 3.8) is 0 Å².